The molecule has 0 bridgehead atoms. The van der Waals surface area contributed by atoms with Crippen LogP contribution in [0.25, 0.3) is 28.0 Å². The number of nitrogens with zero attached hydrogens (tertiary/aromatic N) is 5. The van der Waals surface area contributed by atoms with Crippen LogP contribution in [0.2, 0.25) is 0 Å². The molecular formula is C18H15N5O2. The van der Waals surface area contributed by atoms with Crippen LogP contribution >= 0.6 is 0 Å². The normalized spacial score (nSPS) is 10.8. The number of rotatable bonds is 4. The highest BCUT2D eigenvalue weighted by molar-refractivity contribution is 5.93. The van der Waals surface area contributed by atoms with E-state index in [1.165, 1.54) is 6.33 Å². The van der Waals surface area contributed by atoms with E-state index in [9.17, 15) is 0 Å². The second-order valence-corrected chi connectivity index (χ2v) is 5.31. The monoisotopic (exact) mass is 333 g/mol. The molecule has 7 heteroatoms. The maximum Gasteiger partial charge on any atom is 0.162 e. The van der Waals surface area contributed by atoms with Gasteiger partial charge in [0, 0.05) is 11.5 Å². The molecule has 0 spiro atoms. The van der Waals surface area contributed by atoms with Gasteiger partial charge in [-0.05, 0) is 18.2 Å². The molecule has 0 radical (unpaired) electrons. The highest BCUT2D eigenvalue weighted by atomic mass is 16.5. The van der Waals surface area contributed by atoms with Crippen molar-refractivity contribution in [3.8, 4) is 28.6 Å². The third-order valence-corrected chi connectivity index (χ3v) is 3.93. The molecule has 2 heterocycles. The fraction of sp³-hybridized carbons (Fsp3) is 0.111. The van der Waals surface area contributed by atoms with Crippen molar-refractivity contribution in [2.45, 2.75) is 0 Å². The molecule has 4 aromatic rings. The molecule has 0 fully saturated rings. The van der Waals surface area contributed by atoms with Gasteiger partial charge < -0.3 is 9.47 Å². The summed E-state index contributed by atoms with van der Waals surface area (Å²) >= 11 is 0. The summed E-state index contributed by atoms with van der Waals surface area (Å²) in [6.07, 6.45) is 3.21. The van der Waals surface area contributed by atoms with Crippen LogP contribution in [0, 0.1) is 0 Å². The summed E-state index contributed by atoms with van der Waals surface area (Å²) in [4.78, 5) is 8.80. The van der Waals surface area contributed by atoms with Crippen molar-refractivity contribution >= 4 is 10.9 Å². The molecular weight excluding hydrogens is 318 g/mol. The van der Waals surface area contributed by atoms with Crippen molar-refractivity contribution < 1.29 is 9.47 Å². The molecule has 0 N–H and O–H groups in total. The van der Waals surface area contributed by atoms with Gasteiger partial charge in [-0.25, -0.2) is 14.6 Å². The van der Waals surface area contributed by atoms with Crippen molar-refractivity contribution in [2.75, 3.05) is 14.2 Å². The van der Waals surface area contributed by atoms with E-state index >= 15 is 0 Å². The Hall–Kier alpha value is -3.48. The zero-order valence-corrected chi connectivity index (χ0v) is 13.7. The van der Waals surface area contributed by atoms with Gasteiger partial charge in [0.2, 0.25) is 0 Å². The summed E-state index contributed by atoms with van der Waals surface area (Å²) in [5.41, 5.74) is 3.15. The number of methoxy groups -OCH3 is 2. The molecule has 4 rings (SSSR count). The maximum atomic E-state index is 5.41. The summed E-state index contributed by atoms with van der Waals surface area (Å²) in [6, 6.07) is 13.5. The van der Waals surface area contributed by atoms with Gasteiger partial charge in [0.15, 0.2) is 11.5 Å². The fourth-order valence-corrected chi connectivity index (χ4v) is 2.74. The summed E-state index contributed by atoms with van der Waals surface area (Å²) in [6.45, 7) is 0. The average molecular weight is 333 g/mol. The highest BCUT2D eigenvalue weighted by Crippen LogP contribution is 2.35. The molecule has 124 valence electrons. The second kappa shape index (κ2) is 6.20. The van der Waals surface area contributed by atoms with Gasteiger partial charge >= 0.3 is 0 Å². The van der Waals surface area contributed by atoms with Crippen LogP contribution in [0.4, 0.5) is 0 Å². The Balaban J connectivity index is 1.96. The van der Waals surface area contributed by atoms with Crippen molar-refractivity contribution in [3.05, 3.63) is 55.0 Å². The van der Waals surface area contributed by atoms with Crippen LogP contribution < -0.4 is 9.47 Å². The summed E-state index contributed by atoms with van der Waals surface area (Å²) in [7, 11) is 3.20. The number of fused-ring (bicyclic) bond motifs is 1. The van der Waals surface area contributed by atoms with Gasteiger partial charge in [-0.3, -0.25) is 0 Å². The molecule has 0 unspecified atom stereocenters. The lowest BCUT2D eigenvalue weighted by molar-refractivity contribution is 0.356. The van der Waals surface area contributed by atoms with Gasteiger partial charge in [-0.15, -0.1) is 5.10 Å². The number of ether oxygens (including phenoxy) is 2. The van der Waals surface area contributed by atoms with Crippen molar-refractivity contribution in [2.24, 2.45) is 0 Å². The molecule has 0 aliphatic rings. The summed E-state index contributed by atoms with van der Waals surface area (Å²) in [5.74, 6) is 1.24. The number of para-hydroxylation sites is 1. The first kappa shape index (κ1) is 15.1. The molecule has 0 aliphatic carbocycles. The van der Waals surface area contributed by atoms with E-state index in [1.54, 1.807) is 25.1 Å². The minimum absolute atomic E-state index is 0.616. The zero-order valence-electron chi connectivity index (χ0n) is 13.7. The number of benzene rings is 2. The second-order valence-electron chi connectivity index (χ2n) is 5.31. The van der Waals surface area contributed by atoms with Crippen LogP contribution in [-0.4, -0.2) is 39.2 Å². The Kier molecular flexibility index (Phi) is 3.74. The van der Waals surface area contributed by atoms with Gasteiger partial charge in [0.1, 0.15) is 17.7 Å². The molecule has 0 saturated carbocycles. The fourth-order valence-electron chi connectivity index (χ4n) is 2.74. The number of hydrogen-bond acceptors (Lipinski definition) is 6. The third kappa shape index (κ3) is 2.55. The minimum Gasteiger partial charge on any atom is -0.493 e. The first-order valence-electron chi connectivity index (χ1n) is 7.65. The van der Waals surface area contributed by atoms with E-state index in [0.29, 0.717) is 11.5 Å². The lowest BCUT2D eigenvalue weighted by Gasteiger charge is -2.11. The standard InChI is InChI=1S/C18H15N5O2/c1-24-16-8-13-14(9-17(16)25-2)19-11-20-18(13)15-10-21-22-23(15)12-6-4-3-5-7-12/h3-11H,1-2H3. The molecule has 7 nitrogen and oxygen atoms in total. The quantitative estimate of drug-likeness (QED) is 0.572. The summed E-state index contributed by atoms with van der Waals surface area (Å²) < 4.78 is 12.5. The highest BCUT2D eigenvalue weighted by Gasteiger charge is 2.16. The first-order valence-corrected chi connectivity index (χ1v) is 7.65. The van der Waals surface area contributed by atoms with Gasteiger partial charge in [-0.1, -0.05) is 23.4 Å². The lowest BCUT2D eigenvalue weighted by Crippen LogP contribution is -2.01. The number of hydrogen-bond donors (Lipinski definition) is 0. The van der Waals surface area contributed by atoms with Gasteiger partial charge in [-0.2, -0.15) is 0 Å². The molecule has 2 aromatic carbocycles. The Bertz CT molecular complexity index is 1030. The van der Waals surface area contributed by atoms with Gasteiger partial charge in [0.25, 0.3) is 0 Å². The van der Waals surface area contributed by atoms with E-state index in [4.69, 9.17) is 9.47 Å². The summed E-state index contributed by atoms with van der Waals surface area (Å²) in [5, 5.41) is 9.08. The number of aromatic nitrogens is 5. The van der Waals surface area contributed by atoms with Crippen molar-refractivity contribution in [1.82, 2.24) is 25.0 Å². The SMILES string of the molecule is COc1cc2ncnc(-c3cnnn3-c3ccccc3)c2cc1OC. The lowest BCUT2D eigenvalue weighted by atomic mass is 10.1. The molecule has 0 amide bonds. The Morgan fingerprint density at radius 2 is 1.68 bits per heavy atom. The molecule has 0 atom stereocenters. The topological polar surface area (TPSA) is 75.0 Å². The Labute approximate surface area is 143 Å². The van der Waals surface area contributed by atoms with Crippen LogP contribution in [0.5, 0.6) is 11.5 Å². The van der Waals surface area contributed by atoms with E-state index in [2.05, 4.69) is 20.3 Å². The average Bonchev–Trinajstić information content (AvgIpc) is 3.16. The van der Waals surface area contributed by atoms with E-state index in [-0.39, 0.29) is 0 Å². The van der Waals surface area contributed by atoms with Crippen molar-refractivity contribution in [3.63, 3.8) is 0 Å². The predicted molar refractivity (Wildman–Crippen MR) is 93.0 cm³/mol. The van der Waals surface area contributed by atoms with Crippen molar-refractivity contribution in [1.29, 1.82) is 0 Å². The van der Waals surface area contributed by atoms with Crippen LogP contribution in [-0.2, 0) is 0 Å². The molecule has 2 aromatic heterocycles. The maximum absolute atomic E-state index is 5.41. The van der Waals surface area contributed by atoms with E-state index in [1.807, 2.05) is 42.5 Å². The predicted octanol–water partition coefficient (Wildman–Crippen LogP) is 2.89. The molecule has 0 saturated heterocycles. The van der Waals surface area contributed by atoms with E-state index in [0.717, 1.165) is 28.0 Å². The Morgan fingerprint density at radius 1 is 0.920 bits per heavy atom. The molecule has 0 aliphatic heterocycles. The zero-order chi connectivity index (χ0) is 17.2. The van der Waals surface area contributed by atoms with Crippen LogP contribution in [0.15, 0.2) is 55.0 Å². The largest absolute Gasteiger partial charge is 0.493 e. The third-order valence-electron chi connectivity index (χ3n) is 3.93. The molecule has 25 heavy (non-hydrogen) atoms. The smallest absolute Gasteiger partial charge is 0.162 e. The van der Waals surface area contributed by atoms with Crippen LogP contribution in [0.1, 0.15) is 0 Å². The van der Waals surface area contributed by atoms with E-state index < -0.39 is 0 Å². The van der Waals surface area contributed by atoms with Crippen LogP contribution in [0.3, 0.4) is 0 Å². The van der Waals surface area contributed by atoms with Gasteiger partial charge in [0.05, 0.1) is 31.6 Å². The minimum atomic E-state index is 0.616. The Morgan fingerprint density at radius 3 is 2.44 bits per heavy atom. The first-order chi connectivity index (χ1) is 12.3.